The fraction of sp³-hybridized carbons (Fsp3) is 0.353. The molecule has 0 fully saturated rings. The number of methoxy groups -OCH3 is 1. The van der Waals surface area contributed by atoms with Gasteiger partial charge in [0.05, 0.1) is 7.11 Å². The molecule has 0 spiro atoms. The molecule has 0 bridgehead atoms. The van der Waals surface area contributed by atoms with Gasteiger partial charge in [-0.25, -0.2) is 0 Å². The van der Waals surface area contributed by atoms with Gasteiger partial charge in [0.25, 0.3) is 0 Å². The van der Waals surface area contributed by atoms with Gasteiger partial charge >= 0.3 is 5.97 Å². The molecule has 0 amide bonds. The van der Waals surface area contributed by atoms with Crippen LogP contribution in [0.4, 0.5) is 0 Å². The predicted octanol–water partition coefficient (Wildman–Crippen LogP) is 1.93. The number of carbonyl (C=O) groups excluding carboxylic acids is 3. The van der Waals surface area contributed by atoms with Crippen molar-refractivity contribution in [1.82, 2.24) is 0 Å². The van der Waals surface area contributed by atoms with Crippen molar-refractivity contribution in [2.45, 2.75) is 31.8 Å². The maximum absolute atomic E-state index is 11.7. The minimum absolute atomic E-state index is 0.141. The summed E-state index contributed by atoms with van der Waals surface area (Å²) < 4.78 is 4.46. The van der Waals surface area contributed by atoms with E-state index in [0.29, 0.717) is 6.42 Å². The lowest BCUT2D eigenvalue weighted by atomic mass is 10.0. The van der Waals surface area contributed by atoms with Crippen molar-refractivity contribution in [3.8, 4) is 0 Å². The molecule has 0 radical (unpaired) electrons. The molecule has 5 nitrogen and oxygen atoms in total. The Morgan fingerprint density at radius 3 is 2.50 bits per heavy atom. The van der Waals surface area contributed by atoms with Crippen LogP contribution >= 0.6 is 0 Å². The second-order valence-corrected chi connectivity index (χ2v) is 4.83. The quantitative estimate of drug-likeness (QED) is 0.557. The summed E-state index contributed by atoms with van der Waals surface area (Å²) >= 11 is 0. The van der Waals surface area contributed by atoms with E-state index in [9.17, 15) is 19.5 Å². The molecule has 1 atom stereocenters. The molecule has 0 heterocycles. The number of benzene rings is 1. The first-order valence-corrected chi connectivity index (χ1v) is 7.06. The van der Waals surface area contributed by atoms with Crippen LogP contribution in [0.25, 0.3) is 6.08 Å². The van der Waals surface area contributed by atoms with Crippen LogP contribution in [0.1, 0.15) is 31.2 Å². The Hall–Kier alpha value is -2.27. The van der Waals surface area contributed by atoms with Gasteiger partial charge in [0, 0.05) is 19.3 Å². The van der Waals surface area contributed by atoms with Crippen LogP contribution in [0.2, 0.25) is 0 Å². The Balaban J connectivity index is 2.36. The van der Waals surface area contributed by atoms with Crippen molar-refractivity contribution < 1.29 is 24.2 Å². The van der Waals surface area contributed by atoms with Gasteiger partial charge in [-0.3, -0.25) is 14.4 Å². The molecule has 0 saturated carbocycles. The third-order valence-corrected chi connectivity index (χ3v) is 3.05. The van der Waals surface area contributed by atoms with Crippen LogP contribution in [-0.4, -0.2) is 35.9 Å². The monoisotopic (exact) mass is 304 g/mol. The Labute approximate surface area is 129 Å². The highest BCUT2D eigenvalue weighted by Crippen LogP contribution is 2.06. The molecular weight excluding hydrogens is 284 g/mol. The van der Waals surface area contributed by atoms with Gasteiger partial charge < -0.3 is 9.84 Å². The van der Waals surface area contributed by atoms with E-state index < -0.39 is 11.9 Å². The van der Waals surface area contributed by atoms with Crippen molar-refractivity contribution in [3.05, 3.63) is 42.0 Å². The Kier molecular flexibility index (Phi) is 7.78. The normalized spacial score (nSPS) is 12.1. The van der Waals surface area contributed by atoms with E-state index in [-0.39, 0.29) is 31.0 Å². The smallest absolute Gasteiger partial charge is 0.305 e. The van der Waals surface area contributed by atoms with Gasteiger partial charge in [-0.15, -0.1) is 0 Å². The number of hydrogen-bond acceptors (Lipinski definition) is 5. The van der Waals surface area contributed by atoms with Gasteiger partial charge in [0.1, 0.15) is 11.9 Å². The maximum atomic E-state index is 11.7. The Bertz CT molecular complexity index is 533. The number of Topliss-reactive ketones (excluding diaryl/α,β-unsaturated/α-hetero) is 1. The number of carbonyl (C=O) groups is 3. The van der Waals surface area contributed by atoms with Crippen molar-refractivity contribution in [2.24, 2.45) is 0 Å². The predicted molar refractivity (Wildman–Crippen MR) is 82.0 cm³/mol. The molecule has 1 N–H and O–H groups in total. The average Bonchev–Trinajstić information content (AvgIpc) is 2.53. The highest BCUT2D eigenvalue weighted by Gasteiger charge is 2.16. The van der Waals surface area contributed by atoms with Crippen molar-refractivity contribution in [2.75, 3.05) is 7.11 Å². The van der Waals surface area contributed by atoms with Gasteiger partial charge in [-0.2, -0.15) is 0 Å². The fourth-order valence-corrected chi connectivity index (χ4v) is 1.80. The first kappa shape index (κ1) is 17.8. The lowest BCUT2D eigenvalue weighted by Crippen LogP contribution is -2.22. The molecule has 0 aliphatic carbocycles. The summed E-state index contributed by atoms with van der Waals surface area (Å²) in [5, 5.41) is 9.71. The van der Waals surface area contributed by atoms with Crippen LogP contribution in [0.5, 0.6) is 0 Å². The largest absolute Gasteiger partial charge is 0.469 e. The highest BCUT2D eigenvalue weighted by molar-refractivity contribution is 5.99. The molecule has 1 rings (SSSR count). The molecule has 1 aromatic rings. The number of ketones is 2. The molecule has 0 saturated heterocycles. The fourth-order valence-electron chi connectivity index (χ4n) is 1.80. The Morgan fingerprint density at radius 1 is 1.18 bits per heavy atom. The maximum Gasteiger partial charge on any atom is 0.305 e. The van der Waals surface area contributed by atoms with Gasteiger partial charge in [0.2, 0.25) is 0 Å². The van der Waals surface area contributed by atoms with E-state index in [1.807, 2.05) is 30.3 Å². The van der Waals surface area contributed by atoms with Crippen molar-refractivity contribution in [1.29, 1.82) is 0 Å². The lowest BCUT2D eigenvalue weighted by molar-refractivity contribution is -0.140. The molecule has 0 aliphatic heterocycles. The van der Waals surface area contributed by atoms with Crippen LogP contribution in [-0.2, 0) is 19.1 Å². The Morgan fingerprint density at radius 2 is 1.86 bits per heavy atom. The molecule has 118 valence electrons. The van der Waals surface area contributed by atoms with Crippen molar-refractivity contribution >= 4 is 23.6 Å². The summed E-state index contributed by atoms with van der Waals surface area (Å²) in [5.74, 6) is -1.14. The number of aliphatic hydroxyl groups excluding tert-OH is 1. The van der Waals surface area contributed by atoms with E-state index in [0.717, 1.165) is 5.56 Å². The summed E-state index contributed by atoms with van der Waals surface area (Å²) in [5.41, 5.74) is 0.840. The van der Waals surface area contributed by atoms with Crippen LogP contribution < -0.4 is 0 Å². The zero-order valence-corrected chi connectivity index (χ0v) is 12.5. The summed E-state index contributed by atoms with van der Waals surface area (Å²) in [6.45, 7) is 0. The second kappa shape index (κ2) is 9.63. The first-order chi connectivity index (χ1) is 10.5. The first-order valence-electron chi connectivity index (χ1n) is 7.06. The van der Waals surface area contributed by atoms with Crippen molar-refractivity contribution in [3.63, 3.8) is 0 Å². The number of aliphatic hydroxyl groups is 1. The summed E-state index contributed by atoms with van der Waals surface area (Å²) in [6.07, 6.45) is 1.92. The summed E-state index contributed by atoms with van der Waals surface area (Å²) in [4.78, 5) is 34.2. The molecular formula is C17H20O5. The lowest BCUT2D eigenvalue weighted by Gasteiger charge is -2.06. The van der Waals surface area contributed by atoms with Gasteiger partial charge in [0.15, 0.2) is 5.78 Å². The average molecular weight is 304 g/mol. The minimum Gasteiger partial charge on any atom is -0.469 e. The second-order valence-electron chi connectivity index (χ2n) is 4.83. The summed E-state index contributed by atoms with van der Waals surface area (Å²) in [7, 11) is 1.28. The standard InChI is InChI=1S/C17H20O5/c1-22-17(21)9-5-8-14(18)12-16(20)15(19)11-10-13-6-3-2-4-7-13/h2-4,6-7,10-11,16,20H,5,8-9,12H2,1H3/b11-10+. The minimum atomic E-state index is -1.34. The van der Waals surface area contributed by atoms with Gasteiger partial charge in [-0.1, -0.05) is 36.4 Å². The van der Waals surface area contributed by atoms with E-state index >= 15 is 0 Å². The van der Waals surface area contributed by atoms with E-state index in [4.69, 9.17) is 0 Å². The van der Waals surface area contributed by atoms with Crippen LogP contribution in [0, 0.1) is 0 Å². The summed E-state index contributed by atoms with van der Waals surface area (Å²) in [6, 6.07) is 9.19. The van der Waals surface area contributed by atoms with E-state index in [2.05, 4.69) is 4.74 Å². The SMILES string of the molecule is COC(=O)CCCC(=O)CC(O)C(=O)/C=C/c1ccccc1. The number of esters is 1. The van der Waals surface area contributed by atoms with E-state index in [1.165, 1.54) is 13.2 Å². The molecule has 1 aromatic carbocycles. The molecule has 22 heavy (non-hydrogen) atoms. The van der Waals surface area contributed by atoms with Gasteiger partial charge in [-0.05, 0) is 18.1 Å². The zero-order chi connectivity index (χ0) is 16.4. The topological polar surface area (TPSA) is 80.7 Å². The van der Waals surface area contributed by atoms with E-state index in [1.54, 1.807) is 6.08 Å². The number of hydrogen-bond donors (Lipinski definition) is 1. The number of rotatable bonds is 9. The highest BCUT2D eigenvalue weighted by atomic mass is 16.5. The molecule has 5 heteroatoms. The van der Waals surface area contributed by atoms with Crippen LogP contribution in [0.3, 0.4) is 0 Å². The number of ether oxygens (including phenoxy) is 1. The third kappa shape index (κ3) is 6.95. The third-order valence-electron chi connectivity index (χ3n) is 3.05. The molecule has 1 unspecified atom stereocenters. The zero-order valence-electron chi connectivity index (χ0n) is 12.5. The molecule has 0 aromatic heterocycles. The van der Waals surface area contributed by atoms with Crippen LogP contribution in [0.15, 0.2) is 36.4 Å². The molecule has 0 aliphatic rings.